The summed E-state index contributed by atoms with van der Waals surface area (Å²) in [6, 6.07) is 3.50. The van der Waals surface area contributed by atoms with Gasteiger partial charge in [0.1, 0.15) is 16.4 Å². The molecule has 1 fully saturated rings. The molecule has 1 aliphatic heterocycles. The lowest BCUT2D eigenvalue weighted by Gasteiger charge is -2.28. The maximum atomic E-state index is 12.1. The van der Waals surface area contributed by atoms with E-state index in [9.17, 15) is 9.59 Å². The average Bonchev–Trinajstić information content (AvgIpc) is 3.21. The predicted octanol–water partition coefficient (Wildman–Crippen LogP) is 1.45. The quantitative estimate of drug-likeness (QED) is 0.863. The van der Waals surface area contributed by atoms with Crippen LogP contribution in [-0.2, 0) is 10.3 Å². The van der Waals surface area contributed by atoms with E-state index < -0.39 is 5.54 Å². The highest BCUT2D eigenvalue weighted by molar-refractivity contribution is 7.09. The van der Waals surface area contributed by atoms with Gasteiger partial charge in [0.05, 0.1) is 5.56 Å². The van der Waals surface area contributed by atoms with Gasteiger partial charge in [0.25, 0.3) is 5.91 Å². The molecule has 0 spiro atoms. The topological polar surface area (TPSA) is 87.2 Å². The number of nitrogens with one attached hydrogen (secondary N) is 2. The first-order chi connectivity index (χ1) is 11.9. The zero-order valence-electron chi connectivity index (χ0n) is 14.5. The number of anilines is 1. The van der Waals surface area contributed by atoms with Crippen LogP contribution >= 0.6 is 11.3 Å². The van der Waals surface area contributed by atoms with Crippen molar-refractivity contribution >= 4 is 29.0 Å². The van der Waals surface area contributed by atoms with E-state index in [0.717, 1.165) is 10.7 Å². The summed E-state index contributed by atoms with van der Waals surface area (Å²) in [4.78, 5) is 35.0. The third-order valence-electron chi connectivity index (χ3n) is 4.27. The van der Waals surface area contributed by atoms with Crippen molar-refractivity contribution < 1.29 is 9.59 Å². The van der Waals surface area contributed by atoms with Gasteiger partial charge in [0, 0.05) is 44.3 Å². The first-order valence-electron chi connectivity index (χ1n) is 8.08. The lowest BCUT2D eigenvalue weighted by molar-refractivity contribution is -0.120. The molecule has 132 valence electrons. The molecule has 3 heterocycles. The second-order valence-corrected chi connectivity index (χ2v) is 7.04. The monoisotopic (exact) mass is 359 g/mol. The number of amides is 2. The highest BCUT2D eigenvalue weighted by Gasteiger charge is 2.43. The molecule has 0 radical (unpaired) electrons. The Balaban J connectivity index is 1.95. The number of aromatic nitrogens is 2. The van der Waals surface area contributed by atoms with Crippen LogP contribution in [0.2, 0.25) is 0 Å². The molecule has 8 heteroatoms. The molecular weight excluding hydrogens is 338 g/mol. The summed E-state index contributed by atoms with van der Waals surface area (Å²) >= 11 is 1.55. The van der Waals surface area contributed by atoms with Gasteiger partial charge >= 0.3 is 0 Å². The summed E-state index contributed by atoms with van der Waals surface area (Å²) < 4.78 is 0. The number of carbonyl (C=O) groups is 2. The van der Waals surface area contributed by atoms with Gasteiger partial charge in [-0.1, -0.05) is 0 Å². The summed E-state index contributed by atoms with van der Waals surface area (Å²) in [6.07, 6.45) is 2.39. The Labute approximate surface area is 150 Å². The Morgan fingerprint density at radius 1 is 1.40 bits per heavy atom. The van der Waals surface area contributed by atoms with Crippen LogP contribution in [-0.4, -0.2) is 41.9 Å². The molecular formula is C17H21N5O2S. The van der Waals surface area contributed by atoms with E-state index in [2.05, 4.69) is 20.6 Å². The second-order valence-electron chi connectivity index (χ2n) is 6.18. The van der Waals surface area contributed by atoms with Crippen LogP contribution in [0, 0.1) is 6.92 Å². The van der Waals surface area contributed by atoms with Crippen LogP contribution in [0.5, 0.6) is 0 Å². The zero-order valence-corrected chi connectivity index (χ0v) is 15.3. The Kier molecular flexibility index (Phi) is 4.71. The van der Waals surface area contributed by atoms with Gasteiger partial charge < -0.3 is 15.5 Å². The van der Waals surface area contributed by atoms with Gasteiger partial charge in [-0.15, -0.1) is 11.3 Å². The van der Waals surface area contributed by atoms with Crippen molar-refractivity contribution in [2.45, 2.75) is 25.8 Å². The fourth-order valence-electron chi connectivity index (χ4n) is 3.19. The van der Waals surface area contributed by atoms with Crippen LogP contribution in [0.3, 0.4) is 0 Å². The lowest BCUT2D eigenvalue weighted by atomic mass is 9.99. The molecule has 2 aromatic rings. The minimum absolute atomic E-state index is 0.0951. The fraction of sp³-hybridized carbons (Fsp3) is 0.412. The number of hydrogen-bond acceptors (Lipinski definition) is 6. The van der Waals surface area contributed by atoms with E-state index in [1.165, 1.54) is 6.92 Å². The Morgan fingerprint density at radius 2 is 2.20 bits per heavy atom. The van der Waals surface area contributed by atoms with Gasteiger partial charge in [0.2, 0.25) is 5.91 Å². The van der Waals surface area contributed by atoms with Crippen molar-refractivity contribution in [2.75, 3.05) is 25.0 Å². The molecule has 0 bridgehead atoms. The average molecular weight is 359 g/mol. The van der Waals surface area contributed by atoms with E-state index in [1.54, 1.807) is 36.7 Å². The lowest BCUT2D eigenvalue weighted by Crippen LogP contribution is -2.47. The molecule has 2 aromatic heterocycles. The van der Waals surface area contributed by atoms with Crippen LogP contribution in [0.25, 0.3) is 0 Å². The number of rotatable bonds is 4. The fourth-order valence-corrected chi connectivity index (χ4v) is 4.17. The van der Waals surface area contributed by atoms with Gasteiger partial charge in [-0.3, -0.25) is 9.59 Å². The van der Waals surface area contributed by atoms with Crippen molar-refractivity contribution in [3.05, 3.63) is 40.0 Å². The zero-order chi connectivity index (χ0) is 18.0. The number of pyridine rings is 1. The molecule has 3 rings (SSSR count). The second kappa shape index (κ2) is 6.79. The van der Waals surface area contributed by atoms with Crippen LogP contribution in [0.4, 0.5) is 5.82 Å². The smallest absolute Gasteiger partial charge is 0.254 e. The molecule has 2 N–H and O–H groups in total. The normalized spacial score (nSPS) is 19.7. The van der Waals surface area contributed by atoms with E-state index in [0.29, 0.717) is 30.9 Å². The summed E-state index contributed by atoms with van der Waals surface area (Å²) in [6.45, 7) is 4.67. The SMILES string of the molecule is CNC(=O)c1cccnc1N1CCC(NC(C)=O)(c2nc(C)cs2)C1. The van der Waals surface area contributed by atoms with Gasteiger partial charge in [0.15, 0.2) is 0 Å². The molecule has 0 aromatic carbocycles. The Hall–Kier alpha value is -2.48. The van der Waals surface area contributed by atoms with Crippen LogP contribution in [0.15, 0.2) is 23.7 Å². The van der Waals surface area contributed by atoms with Crippen molar-refractivity contribution in [3.8, 4) is 0 Å². The number of carbonyl (C=O) groups excluding carboxylic acids is 2. The Bertz CT molecular complexity index is 806. The van der Waals surface area contributed by atoms with Gasteiger partial charge in [-0.25, -0.2) is 9.97 Å². The molecule has 1 unspecified atom stereocenters. The van der Waals surface area contributed by atoms with Gasteiger partial charge in [-0.05, 0) is 25.5 Å². The molecule has 1 saturated heterocycles. The summed E-state index contributed by atoms with van der Waals surface area (Å²) in [5.41, 5.74) is 0.911. The highest BCUT2D eigenvalue weighted by atomic mass is 32.1. The van der Waals surface area contributed by atoms with E-state index in [-0.39, 0.29) is 11.8 Å². The van der Waals surface area contributed by atoms with Crippen molar-refractivity contribution in [3.63, 3.8) is 0 Å². The first kappa shape index (κ1) is 17.3. The number of hydrogen-bond donors (Lipinski definition) is 2. The maximum Gasteiger partial charge on any atom is 0.254 e. The van der Waals surface area contributed by atoms with Crippen LogP contribution in [0.1, 0.15) is 34.4 Å². The summed E-state index contributed by atoms with van der Waals surface area (Å²) in [7, 11) is 1.60. The molecule has 1 atom stereocenters. The number of thiazole rings is 1. The molecule has 25 heavy (non-hydrogen) atoms. The molecule has 1 aliphatic rings. The molecule has 7 nitrogen and oxygen atoms in total. The standard InChI is InChI=1S/C17H21N5O2S/c1-11-9-25-16(20-11)17(21-12(2)23)6-8-22(10-17)14-13(15(24)18-3)5-4-7-19-14/h4-5,7,9H,6,8,10H2,1-3H3,(H,18,24)(H,21,23). The van der Waals surface area contributed by atoms with Crippen molar-refractivity contribution in [1.82, 2.24) is 20.6 Å². The number of aryl methyl sites for hydroxylation is 1. The Morgan fingerprint density at radius 3 is 2.84 bits per heavy atom. The molecule has 0 saturated carbocycles. The van der Waals surface area contributed by atoms with Crippen LogP contribution < -0.4 is 15.5 Å². The van der Waals surface area contributed by atoms with E-state index in [4.69, 9.17) is 0 Å². The maximum absolute atomic E-state index is 12.1. The minimum atomic E-state index is -0.553. The summed E-state index contributed by atoms with van der Waals surface area (Å²) in [5, 5.41) is 8.61. The first-order valence-corrected chi connectivity index (χ1v) is 8.96. The van der Waals surface area contributed by atoms with E-state index >= 15 is 0 Å². The summed E-state index contributed by atoms with van der Waals surface area (Å²) in [5.74, 6) is 0.356. The third-order valence-corrected chi connectivity index (χ3v) is 5.44. The van der Waals surface area contributed by atoms with E-state index in [1.807, 2.05) is 17.2 Å². The largest absolute Gasteiger partial charge is 0.355 e. The minimum Gasteiger partial charge on any atom is -0.355 e. The van der Waals surface area contributed by atoms with Gasteiger partial charge in [-0.2, -0.15) is 0 Å². The molecule has 0 aliphatic carbocycles. The van der Waals surface area contributed by atoms with Crippen molar-refractivity contribution in [2.24, 2.45) is 0 Å². The number of nitrogens with zero attached hydrogens (tertiary/aromatic N) is 3. The predicted molar refractivity (Wildman–Crippen MR) is 96.8 cm³/mol. The highest BCUT2D eigenvalue weighted by Crippen LogP contribution is 2.36. The molecule has 2 amide bonds. The third kappa shape index (κ3) is 3.34. The van der Waals surface area contributed by atoms with Crippen molar-refractivity contribution in [1.29, 1.82) is 0 Å².